The highest BCUT2D eigenvalue weighted by Crippen LogP contribution is 2.26. The normalized spacial score (nSPS) is 22.5. The molecule has 1 N–H and O–H groups in total. The van der Waals surface area contributed by atoms with Gasteiger partial charge in [0.15, 0.2) is 0 Å². The lowest BCUT2D eigenvalue weighted by Crippen LogP contribution is -2.39. The van der Waals surface area contributed by atoms with Gasteiger partial charge >= 0.3 is 5.97 Å². The summed E-state index contributed by atoms with van der Waals surface area (Å²) in [5.74, 6) is 0.101. The summed E-state index contributed by atoms with van der Waals surface area (Å²) >= 11 is 0. The molecule has 120 valence electrons. The van der Waals surface area contributed by atoms with Crippen LogP contribution in [0.2, 0.25) is 0 Å². The molecule has 1 aromatic rings. The van der Waals surface area contributed by atoms with Crippen LogP contribution >= 0.6 is 0 Å². The Morgan fingerprint density at radius 3 is 2.86 bits per heavy atom. The molecule has 1 aliphatic heterocycles. The minimum Gasteiger partial charge on any atom is -0.464 e. The zero-order chi connectivity index (χ0) is 15.4. The number of hydrogen-bond donors (Lipinski definition) is 1. The highest BCUT2D eigenvalue weighted by molar-refractivity contribution is 5.85. The van der Waals surface area contributed by atoms with Gasteiger partial charge in [-0.15, -0.1) is 5.10 Å². The molecule has 2 aliphatic rings. The summed E-state index contributed by atoms with van der Waals surface area (Å²) in [6, 6.07) is -0.516. The molecule has 1 aliphatic carbocycles. The van der Waals surface area contributed by atoms with Gasteiger partial charge in [-0.25, -0.2) is 9.48 Å². The summed E-state index contributed by atoms with van der Waals surface area (Å²) in [4.78, 5) is 23.2. The number of rotatable bonds is 5. The molecular weight excluding hydrogens is 284 g/mol. The molecule has 0 unspecified atom stereocenters. The van der Waals surface area contributed by atoms with Gasteiger partial charge in [0.25, 0.3) is 0 Å². The maximum Gasteiger partial charge on any atom is 0.328 e. The number of ether oxygens (including phenoxy) is 1. The molecule has 0 radical (unpaired) electrons. The number of hydrogen-bond acceptors (Lipinski definition) is 5. The third-order valence-corrected chi connectivity index (χ3v) is 4.38. The van der Waals surface area contributed by atoms with Crippen LogP contribution in [0.5, 0.6) is 0 Å². The minimum absolute atomic E-state index is 0.0848. The number of amides is 1. The summed E-state index contributed by atoms with van der Waals surface area (Å²) < 4.78 is 6.35. The number of carbonyl (C=O) groups is 2. The Morgan fingerprint density at radius 1 is 1.32 bits per heavy atom. The second-order valence-electron chi connectivity index (χ2n) is 6.19. The molecule has 0 aromatic carbocycles. The van der Waals surface area contributed by atoms with E-state index in [0.717, 1.165) is 12.1 Å². The standard InChI is InChI=1S/C15H22N4O3/c20-14(16-13-6-7-22-15(13)21)10-19-9-12(17-18-19)8-11-4-2-1-3-5-11/h9,11,13H,1-8,10H2,(H,16,20)/t13-/m0/s1. The number of nitrogens with zero attached hydrogens (tertiary/aromatic N) is 3. The van der Waals surface area contributed by atoms with Crippen LogP contribution in [0.15, 0.2) is 6.20 Å². The first-order valence-corrected chi connectivity index (χ1v) is 8.06. The van der Waals surface area contributed by atoms with E-state index < -0.39 is 6.04 Å². The minimum atomic E-state index is -0.516. The molecule has 1 saturated carbocycles. The Kier molecular flexibility index (Phi) is 4.70. The van der Waals surface area contributed by atoms with Gasteiger partial charge in [-0.1, -0.05) is 37.3 Å². The second-order valence-corrected chi connectivity index (χ2v) is 6.19. The maximum atomic E-state index is 11.9. The monoisotopic (exact) mass is 306 g/mol. The van der Waals surface area contributed by atoms with Gasteiger partial charge in [0.1, 0.15) is 12.6 Å². The third kappa shape index (κ3) is 3.84. The molecule has 7 nitrogen and oxygen atoms in total. The summed E-state index contributed by atoms with van der Waals surface area (Å²) in [5.41, 5.74) is 0.944. The topological polar surface area (TPSA) is 86.1 Å². The molecule has 1 aromatic heterocycles. The molecule has 1 amide bonds. The molecule has 22 heavy (non-hydrogen) atoms. The third-order valence-electron chi connectivity index (χ3n) is 4.38. The lowest BCUT2D eigenvalue weighted by atomic mass is 9.86. The number of carbonyl (C=O) groups excluding carboxylic acids is 2. The highest BCUT2D eigenvalue weighted by atomic mass is 16.5. The van der Waals surface area contributed by atoms with Crippen LogP contribution in [-0.4, -0.2) is 39.5 Å². The first-order chi connectivity index (χ1) is 10.7. The molecule has 0 bridgehead atoms. The second kappa shape index (κ2) is 6.89. The lowest BCUT2D eigenvalue weighted by Gasteiger charge is -2.19. The van der Waals surface area contributed by atoms with Gasteiger partial charge in [-0.3, -0.25) is 4.79 Å². The summed E-state index contributed by atoms with van der Waals surface area (Å²) in [5, 5.41) is 10.8. The Labute approximate surface area is 129 Å². The van der Waals surface area contributed by atoms with E-state index in [9.17, 15) is 9.59 Å². The average molecular weight is 306 g/mol. The molecule has 1 saturated heterocycles. The Hall–Kier alpha value is -1.92. The molecule has 3 rings (SSSR count). The largest absolute Gasteiger partial charge is 0.464 e. The maximum absolute atomic E-state index is 11.9. The van der Waals surface area contributed by atoms with Crippen molar-refractivity contribution < 1.29 is 14.3 Å². The van der Waals surface area contributed by atoms with Crippen LogP contribution in [0.1, 0.15) is 44.2 Å². The molecular formula is C15H22N4O3. The Bertz CT molecular complexity index is 537. The van der Waals surface area contributed by atoms with Gasteiger partial charge in [-0.2, -0.15) is 0 Å². The molecule has 7 heteroatoms. The van der Waals surface area contributed by atoms with Crippen molar-refractivity contribution in [2.75, 3.05) is 6.61 Å². The predicted octanol–water partition coefficient (Wildman–Crippen LogP) is 0.833. The zero-order valence-corrected chi connectivity index (χ0v) is 12.7. The Morgan fingerprint density at radius 2 is 2.14 bits per heavy atom. The van der Waals surface area contributed by atoms with Gasteiger partial charge < -0.3 is 10.1 Å². The van der Waals surface area contributed by atoms with Crippen LogP contribution < -0.4 is 5.32 Å². The molecule has 1 atom stereocenters. The van der Waals surface area contributed by atoms with Gasteiger partial charge in [-0.05, 0) is 12.3 Å². The summed E-state index contributed by atoms with van der Waals surface area (Å²) in [6.07, 6.45) is 9.78. The van der Waals surface area contributed by atoms with Crippen molar-refractivity contribution in [3.63, 3.8) is 0 Å². The summed E-state index contributed by atoms with van der Waals surface area (Å²) in [7, 11) is 0. The summed E-state index contributed by atoms with van der Waals surface area (Å²) in [6.45, 7) is 0.458. The number of esters is 1. The van der Waals surface area contributed by atoms with Crippen molar-refractivity contribution in [2.24, 2.45) is 5.92 Å². The van der Waals surface area contributed by atoms with E-state index >= 15 is 0 Å². The van der Waals surface area contributed by atoms with Crippen molar-refractivity contribution in [2.45, 2.75) is 57.5 Å². The van der Waals surface area contributed by atoms with Crippen LogP contribution in [0, 0.1) is 5.92 Å². The van der Waals surface area contributed by atoms with Crippen molar-refractivity contribution >= 4 is 11.9 Å². The number of aromatic nitrogens is 3. The van der Waals surface area contributed by atoms with Crippen LogP contribution in [0.3, 0.4) is 0 Å². The fraction of sp³-hybridized carbons (Fsp3) is 0.733. The van der Waals surface area contributed by atoms with E-state index in [1.54, 1.807) is 0 Å². The van der Waals surface area contributed by atoms with Crippen molar-refractivity contribution in [3.05, 3.63) is 11.9 Å². The van der Waals surface area contributed by atoms with Crippen LogP contribution in [-0.2, 0) is 27.3 Å². The lowest BCUT2D eigenvalue weighted by molar-refractivity contribution is -0.141. The van der Waals surface area contributed by atoms with E-state index in [4.69, 9.17) is 4.74 Å². The Balaban J connectivity index is 1.48. The quantitative estimate of drug-likeness (QED) is 0.814. The highest BCUT2D eigenvalue weighted by Gasteiger charge is 2.28. The smallest absolute Gasteiger partial charge is 0.328 e. The molecule has 2 heterocycles. The van der Waals surface area contributed by atoms with E-state index in [1.807, 2.05) is 6.20 Å². The van der Waals surface area contributed by atoms with E-state index in [-0.39, 0.29) is 18.4 Å². The van der Waals surface area contributed by atoms with E-state index in [0.29, 0.717) is 18.9 Å². The fourth-order valence-electron chi connectivity index (χ4n) is 3.21. The fourth-order valence-corrected chi connectivity index (χ4v) is 3.21. The van der Waals surface area contributed by atoms with Gasteiger partial charge in [0.05, 0.1) is 12.3 Å². The van der Waals surface area contributed by atoms with Gasteiger partial charge in [0.2, 0.25) is 5.91 Å². The van der Waals surface area contributed by atoms with E-state index in [2.05, 4.69) is 15.6 Å². The van der Waals surface area contributed by atoms with Crippen LogP contribution in [0.4, 0.5) is 0 Å². The van der Waals surface area contributed by atoms with Crippen molar-refractivity contribution in [1.82, 2.24) is 20.3 Å². The first-order valence-electron chi connectivity index (χ1n) is 8.06. The van der Waals surface area contributed by atoms with Crippen molar-refractivity contribution in [1.29, 1.82) is 0 Å². The van der Waals surface area contributed by atoms with Crippen LogP contribution in [0.25, 0.3) is 0 Å². The first kappa shape index (κ1) is 15.0. The SMILES string of the molecule is O=C(Cn1cc(CC2CCCCC2)nn1)N[C@H]1CCOC1=O. The predicted molar refractivity (Wildman–Crippen MR) is 77.8 cm³/mol. The number of nitrogens with one attached hydrogen (secondary N) is 1. The van der Waals surface area contributed by atoms with Gasteiger partial charge in [0, 0.05) is 12.6 Å². The van der Waals surface area contributed by atoms with E-state index in [1.165, 1.54) is 36.8 Å². The average Bonchev–Trinajstić information content (AvgIpc) is 3.10. The molecule has 0 spiro atoms. The molecule has 2 fully saturated rings. The number of cyclic esters (lactones) is 1. The van der Waals surface area contributed by atoms with Crippen molar-refractivity contribution in [3.8, 4) is 0 Å². The zero-order valence-electron chi connectivity index (χ0n) is 12.7.